The van der Waals surface area contributed by atoms with Gasteiger partial charge in [0.05, 0.1) is 0 Å². The van der Waals surface area contributed by atoms with Gasteiger partial charge in [-0.1, -0.05) is 0 Å². The molecule has 79 valence electrons. The Kier molecular flexibility index (Phi) is 17.9. The summed E-state index contributed by atoms with van der Waals surface area (Å²) in [6.45, 7) is 0. The fraction of sp³-hybridized carbons (Fsp3) is 0. The molecular weight excluding hydrogens is 254 g/mol. The van der Waals surface area contributed by atoms with Gasteiger partial charge in [0.1, 0.15) is 0 Å². The third-order valence-corrected chi connectivity index (χ3v) is 1.11. The molecule has 0 unspecified atom stereocenters. The fourth-order valence-electron chi connectivity index (χ4n) is 0.642. The van der Waals surface area contributed by atoms with E-state index in [2.05, 4.69) is 0 Å². The summed E-state index contributed by atoms with van der Waals surface area (Å²) in [6, 6.07) is 20.0. The zero-order valence-electron chi connectivity index (χ0n) is 7.98. The molecule has 0 nitrogen and oxygen atoms in total. The predicted molar refractivity (Wildman–Crippen MR) is 62.2 cm³/mol. The van der Waals surface area contributed by atoms with Crippen molar-refractivity contribution in [2.45, 2.75) is 0 Å². The van der Waals surface area contributed by atoms with Gasteiger partial charge in [0.25, 0.3) is 0 Å². The molecule has 0 aliphatic heterocycles. The van der Waals surface area contributed by atoms with Crippen LogP contribution in [0.1, 0.15) is 0 Å². The summed E-state index contributed by atoms with van der Waals surface area (Å²) < 4.78 is 0. The van der Waals surface area contributed by atoms with E-state index in [9.17, 15) is 0 Å². The molecule has 2 rings (SSSR count). The van der Waals surface area contributed by atoms with Gasteiger partial charge in [-0.3, -0.25) is 0 Å². The van der Waals surface area contributed by atoms with Crippen molar-refractivity contribution in [3.8, 4) is 0 Å². The summed E-state index contributed by atoms with van der Waals surface area (Å²) in [6.07, 6.45) is 0. The van der Waals surface area contributed by atoms with Crippen LogP contribution in [-0.2, 0) is 14.4 Å². The van der Waals surface area contributed by atoms with Crippen LogP contribution in [0.25, 0.3) is 0 Å². The zero-order chi connectivity index (χ0) is 9.78. The first-order valence-electron chi connectivity index (χ1n) is 3.67. The number of halogens is 2. The van der Waals surface area contributed by atoms with Crippen molar-refractivity contribution in [3.05, 3.63) is 68.1 Å². The van der Waals surface area contributed by atoms with Gasteiger partial charge in [-0.2, -0.15) is 36.4 Å². The Morgan fingerprint density at radius 2 is 0.929 bits per heavy atom. The Hall–Kier alpha value is -0.136. The number of hydrogen-bond acceptors (Lipinski definition) is 0. The van der Waals surface area contributed by atoms with Crippen molar-refractivity contribution in [2.24, 2.45) is 0 Å². The summed E-state index contributed by atoms with van der Waals surface area (Å²) in [5.41, 5.74) is 0. The van der Waals surface area contributed by atoms with Crippen molar-refractivity contribution in [1.29, 1.82) is 0 Å². The second kappa shape index (κ2) is 15.3. The molecular formula is C11H13Cl2V-3. The van der Waals surface area contributed by atoms with Crippen LogP contribution < -0.4 is 0 Å². The van der Waals surface area contributed by atoms with Crippen molar-refractivity contribution in [2.75, 3.05) is 0 Å². The molecule has 0 aliphatic carbocycles. The maximum atomic E-state index is 4.86. The maximum Gasteiger partial charge on any atom is -0.172 e. The predicted octanol–water partition coefficient (Wildman–Crippen LogP) is 4.64. The molecule has 0 N–H and O–H groups in total. The van der Waals surface area contributed by atoms with Gasteiger partial charge < -0.3 is 7.43 Å². The smallest absolute Gasteiger partial charge is 0.172 e. The summed E-state index contributed by atoms with van der Waals surface area (Å²) in [5, 5.41) is 0. The Balaban J connectivity index is 0. The Labute approximate surface area is 102 Å². The summed E-state index contributed by atoms with van der Waals surface area (Å²) in [4.78, 5) is 0. The minimum absolute atomic E-state index is 0. The van der Waals surface area contributed by atoms with Gasteiger partial charge in [0.15, 0.2) is 0 Å². The van der Waals surface area contributed by atoms with Crippen LogP contribution in [0.5, 0.6) is 0 Å². The van der Waals surface area contributed by atoms with E-state index in [1.165, 1.54) is 0 Å². The van der Waals surface area contributed by atoms with Gasteiger partial charge in [0.2, 0.25) is 0 Å². The van der Waals surface area contributed by atoms with Gasteiger partial charge in [-0.15, -0.1) is 0 Å². The maximum absolute atomic E-state index is 4.86. The summed E-state index contributed by atoms with van der Waals surface area (Å²) in [5.74, 6) is 0. The van der Waals surface area contributed by atoms with E-state index in [-0.39, 0.29) is 21.8 Å². The van der Waals surface area contributed by atoms with Crippen LogP contribution in [0.3, 0.4) is 0 Å². The molecule has 0 saturated carbocycles. The van der Waals surface area contributed by atoms with E-state index >= 15 is 0 Å². The van der Waals surface area contributed by atoms with E-state index in [4.69, 9.17) is 19.7 Å². The molecule has 2 aromatic rings. The molecule has 0 bridgehead atoms. The minimum atomic E-state index is -0.368. The molecule has 0 atom stereocenters. The first-order valence-corrected chi connectivity index (χ1v) is 7.51. The molecule has 0 heterocycles. The molecule has 0 radical (unpaired) electrons. The molecule has 0 saturated heterocycles. The second-order valence-corrected chi connectivity index (χ2v) is 4.30. The Morgan fingerprint density at radius 1 is 0.714 bits per heavy atom. The van der Waals surface area contributed by atoms with E-state index < -0.39 is 0 Å². The molecule has 2 aromatic carbocycles. The average Bonchev–Trinajstić information content (AvgIpc) is 2.85. The third kappa shape index (κ3) is 14.4. The van der Waals surface area contributed by atoms with E-state index in [1.54, 1.807) is 0 Å². The molecule has 0 aliphatic rings. The average molecular weight is 267 g/mol. The van der Waals surface area contributed by atoms with Crippen LogP contribution in [-0.4, -0.2) is 0 Å². The Bertz CT molecular complexity index is 165. The van der Waals surface area contributed by atoms with Crippen LogP contribution in [0.2, 0.25) is 0 Å². The molecule has 0 aromatic heterocycles. The van der Waals surface area contributed by atoms with Crippen molar-refractivity contribution in [3.63, 3.8) is 0 Å². The zero-order valence-corrected chi connectivity index (χ0v) is 10.9. The van der Waals surface area contributed by atoms with E-state index in [0.29, 0.717) is 0 Å². The molecule has 14 heavy (non-hydrogen) atoms. The summed E-state index contributed by atoms with van der Waals surface area (Å²) in [7, 11) is 9.72. The van der Waals surface area contributed by atoms with Crippen LogP contribution in [0.4, 0.5) is 0 Å². The van der Waals surface area contributed by atoms with Gasteiger partial charge in [0, 0.05) is 0 Å². The topological polar surface area (TPSA) is 0 Å². The second-order valence-electron chi connectivity index (χ2n) is 1.99. The first kappa shape index (κ1) is 16.3. The Morgan fingerprint density at radius 3 is 1.00 bits per heavy atom. The fourth-order valence-corrected chi connectivity index (χ4v) is 0.642. The van der Waals surface area contributed by atoms with Gasteiger partial charge >= 0.3 is 34.1 Å². The third-order valence-electron chi connectivity index (χ3n) is 1.11. The quantitative estimate of drug-likeness (QED) is 0.610. The van der Waals surface area contributed by atoms with E-state index in [0.717, 1.165) is 0 Å². The molecule has 0 fully saturated rings. The van der Waals surface area contributed by atoms with Gasteiger partial charge in [-0.25, -0.2) is 24.3 Å². The first-order chi connectivity index (χ1) is 6.41. The normalized spacial score (nSPS) is 6.71. The van der Waals surface area contributed by atoms with Crippen molar-refractivity contribution >= 4 is 19.7 Å². The molecule has 0 spiro atoms. The standard InChI is InChI=1S/2C5H5.CH3.2ClH.V/c2*1-2-4-5-3-1;;;;/h2*1-5H;1H3;2*1H;/q3*-1;;;+2/p-2. The molecule has 0 amide bonds. The largest absolute Gasteiger partial charge is 0.214 e. The minimum Gasteiger partial charge on any atom is -0.214 e. The van der Waals surface area contributed by atoms with Gasteiger partial charge in [-0.05, 0) is 0 Å². The van der Waals surface area contributed by atoms with Crippen LogP contribution >= 0.6 is 19.7 Å². The van der Waals surface area contributed by atoms with Crippen molar-refractivity contribution in [1.82, 2.24) is 0 Å². The van der Waals surface area contributed by atoms with Crippen molar-refractivity contribution < 1.29 is 14.4 Å². The summed E-state index contributed by atoms with van der Waals surface area (Å²) >= 11 is -0.368. The molecule has 3 heteroatoms. The number of rotatable bonds is 0. The SMILES string of the molecule is [CH3-].[Cl][V][Cl].c1cc[cH-]c1.c1cc[cH-]c1. The van der Waals surface area contributed by atoms with Crippen LogP contribution in [0.15, 0.2) is 60.7 Å². The van der Waals surface area contributed by atoms with Crippen LogP contribution in [0, 0.1) is 7.43 Å². The monoisotopic (exact) mass is 266 g/mol. The number of hydrogen-bond donors (Lipinski definition) is 0. The van der Waals surface area contributed by atoms with E-state index in [1.807, 2.05) is 60.7 Å².